The minimum Gasteiger partial charge on any atom is -0.374 e. The molecule has 6 aromatic rings. The summed E-state index contributed by atoms with van der Waals surface area (Å²) in [6.45, 7) is 2.56. The maximum atomic E-state index is 13.9. The van der Waals surface area contributed by atoms with Crippen LogP contribution in [0.3, 0.4) is 0 Å². The van der Waals surface area contributed by atoms with Crippen LogP contribution in [-0.4, -0.2) is 52.2 Å². The van der Waals surface area contributed by atoms with E-state index < -0.39 is 18.1 Å². The predicted octanol–water partition coefficient (Wildman–Crippen LogP) is 5.91. The SMILES string of the molecule is CO[C@@H]1[C@H](N(C)C(=O)[13c]2[13cH][13cH][13cH][13cH][13cH]2)C[C@@H]2O[C@]1(C)n1c3ccccc3c3c4c(c5c6ccccc6n2c5c31)C(=O)NC4. The highest BCUT2D eigenvalue weighted by Gasteiger charge is 2.55. The van der Waals surface area contributed by atoms with E-state index in [4.69, 9.17) is 9.47 Å². The van der Waals surface area contributed by atoms with Crippen molar-refractivity contribution in [2.45, 2.75) is 44.0 Å². The van der Waals surface area contributed by atoms with Gasteiger partial charge in [-0.3, -0.25) is 9.59 Å². The van der Waals surface area contributed by atoms with Crippen molar-refractivity contribution >= 4 is 55.4 Å². The molecule has 2 aromatic heterocycles. The van der Waals surface area contributed by atoms with Crippen LogP contribution >= 0.6 is 0 Å². The number of aromatic nitrogens is 2. The maximum absolute atomic E-state index is 13.9. The molecular formula is C35H30N4O4. The van der Waals surface area contributed by atoms with Crippen molar-refractivity contribution in [2.24, 2.45) is 0 Å². The van der Waals surface area contributed by atoms with Gasteiger partial charge in [-0.05, 0) is 36.8 Å². The van der Waals surface area contributed by atoms with Gasteiger partial charge in [0.05, 0.1) is 33.7 Å². The van der Waals surface area contributed by atoms with E-state index in [9.17, 15) is 9.59 Å². The van der Waals surface area contributed by atoms with Crippen LogP contribution < -0.4 is 5.32 Å². The van der Waals surface area contributed by atoms with Crippen molar-refractivity contribution in [1.82, 2.24) is 19.4 Å². The number of carbonyl (C=O) groups is 2. The molecule has 8 heteroatoms. The molecule has 3 aliphatic rings. The number of hydrogen-bond acceptors (Lipinski definition) is 4. The predicted molar refractivity (Wildman–Crippen MR) is 165 cm³/mol. The van der Waals surface area contributed by atoms with Gasteiger partial charge in [0.2, 0.25) is 0 Å². The zero-order chi connectivity index (χ0) is 29.2. The number of hydrogen-bond donors (Lipinski definition) is 1. The fourth-order valence-electron chi connectivity index (χ4n) is 8.33. The van der Waals surface area contributed by atoms with Crippen LogP contribution in [0.25, 0.3) is 43.6 Å². The molecule has 0 radical (unpaired) electrons. The van der Waals surface area contributed by atoms with Crippen LogP contribution in [0.2, 0.25) is 0 Å². The van der Waals surface area contributed by atoms with Crippen LogP contribution in [0.4, 0.5) is 0 Å². The first-order chi connectivity index (χ1) is 20.9. The summed E-state index contributed by atoms with van der Waals surface area (Å²) in [6.07, 6.45) is -0.386. The number of methoxy groups -OCH3 is 1. The van der Waals surface area contributed by atoms with Crippen LogP contribution in [0.1, 0.15) is 45.9 Å². The van der Waals surface area contributed by atoms with Crippen LogP contribution in [0.5, 0.6) is 0 Å². The van der Waals surface area contributed by atoms with Gasteiger partial charge in [-0.25, -0.2) is 0 Å². The summed E-state index contributed by atoms with van der Waals surface area (Å²) in [5, 5.41) is 7.24. The molecule has 2 bridgehead atoms. The molecule has 2 amide bonds. The first kappa shape index (κ1) is 24.9. The van der Waals surface area contributed by atoms with Gasteiger partial charge in [-0.1, -0.05) is 54.6 Å². The number of benzene rings is 4. The second-order valence-corrected chi connectivity index (χ2v) is 12.1. The average Bonchev–Trinajstić information content (AvgIpc) is 3.68. The fraction of sp³-hybridized carbons (Fsp3) is 0.257. The zero-order valence-electron chi connectivity index (χ0n) is 24.1. The second-order valence-electron chi connectivity index (χ2n) is 12.1. The smallest absolute Gasteiger partial charge is 0.253 e. The quantitative estimate of drug-likeness (QED) is 0.284. The number of nitrogens with one attached hydrogen (secondary N) is 1. The molecule has 0 unspecified atom stereocenters. The lowest BCUT2D eigenvalue weighted by atomic mass is 9.91. The van der Waals surface area contributed by atoms with Gasteiger partial charge >= 0.3 is 0 Å². The number of nitrogens with zero attached hydrogens (tertiary/aromatic N) is 3. The lowest BCUT2D eigenvalue weighted by Gasteiger charge is -2.50. The van der Waals surface area contributed by atoms with E-state index in [1.807, 2.05) is 66.5 Å². The molecule has 214 valence electrons. The molecule has 1 fully saturated rings. The molecule has 9 rings (SSSR count). The van der Waals surface area contributed by atoms with Crippen molar-refractivity contribution < 1.29 is 19.1 Å². The summed E-state index contributed by atoms with van der Waals surface area (Å²) in [6, 6.07) is 25.7. The summed E-state index contributed by atoms with van der Waals surface area (Å²) in [5.41, 5.74) is 5.46. The summed E-state index contributed by atoms with van der Waals surface area (Å²) >= 11 is 0. The van der Waals surface area contributed by atoms with E-state index >= 15 is 0 Å². The van der Waals surface area contributed by atoms with Gasteiger partial charge in [0.25, 0.3) is 11.8 Å². The Balaban J connectivity index is 1.43. The topological polar surface area (TPSA) is 77.7 Å². The Kier molecular flexibility index (Phi) is 4.90. The summed E-state index contributed by atoms with van der Waals surface area (Å²) < 4.78 is 18.1. The third kappa shape index (κ3) is 2.97. The number of ether oxygens (including phenoxy) is 2. The molecular weight excluding hydrogens is 546 g/mol. The number of rotatable bonds is 3. The van der Waals surface area contributed by atoms with E-state index in [2.05, 4.69) is 45.6 Å². The van der Waals surface area contributed by atoms with Crippen LogP contribution in [0.15, 0.2) is 78.9 Å². The molecule has 5 heterocycles. The van der Waals surface area contributed by atoms with E-state index in [-0.39, 0.29) is 17.9 Å². The van der Waals surface area contributed by atoms with Gasteiger partial charge in [-0.15, -0.1) is 0 Å². The average molecular weight is 577 g/mol. The zero-order valence-corrected chi connectivity index (χ0v) is 24.1. The number of carbonyl (C=O) groups excluding carboxylic acids is 2. The van der Waals surface area contributed by atoms with Gasteiger partial charge in [0.1, 0.15) is 12.3 Å². The third-order valence-electron chi connectivity index (χ3n) is 10.0. The highest BCUT2D eigenvalue weighted by Crippen LogP contribution is 2.54. The van der Waals surface area contributed by atoms with Crippen molar-refractivity contribution in [3.63, 3.8) is 0 Å². The maximum Gasteiger partial charge on any atom is 0.253 e. The molecule has 1 saturated heterocycles. The summed E-state index contributed by atoms with van der Waals surface area (Å²) in [4.78, 5) is 29.2. The lowest BCUT2D eigenvalue weighted by Crippen LogP contribution is -2.61. The highest BCUT2D eigenvalue weighted by atomic mass is 16.6. The first-order valence-electron chi connectivity index (χ1n) is 14.8. The molecule has 0 saturated carbocycles. The van der Waals surface area contributed by atoms with Gasteiger partial charge in [-0.2, -0.15) is 0 Å². The molecule has 8 nitrogen and oxygen atoms in total. The Morgan fingerprint density at radius 2 is 1.63 bits per heavy atom. The van der Waals surface area contributed by atoms with E-state index in [0.717, 1.165) is 54.7 Å². The fourth-order valence-corrected chi connectivity index (χ4v) is 8.33. The van der Waals surface area contributed by atoms with Crippen molar-refractivity contribution in [3.05, 3.63) is 95.6 Å². The third-order valence-corrected chi connectivity index (χ3v) is 10.0. The highest BCUT2D eigenvalue weighted by molar-refractivity contribution is 6.31. The van der Waals surface area contributed by atoms with E-state index in [1.165, 1.54) is 0 Å². The normalized spacial score (nSPS) is 24.2. The molecule has 0 spiro atoms. The molecule has 4 aromatic carbocycles. The Morgan fingerprint density at radius 3 is 2.37 bits per heavy atom. The van der Waals surface area contributed by atoms with Gasteiger partial charge in [0, 0.05) is 54.2 Å². The molecule has 4 atom stereocenters. The first-order valence-corrected chi connectivity index (χ1v) is 14.8. The van der Waals surface area contributed by atoms with Gasteiger partial charge < -0.3 is 28.8 Å². The number of para-hydroxylation sites is 2. The van der Waals surface area contributed by atoms with Gasteiger partial charge in [0.15, 0.2) is 5.72 Å². The van der Waals surface area contributed by atoms with Crippen molar-refractivity contribution in [1.29, 1.82) is 0 Å². The van der Waals surface area contributed by atoms with Crippen molar-refractivity contribution in [3.8, 4) is 0 Å². The molecule has 0 aliphatic carbocycles. The summed E-state index contributed by atoms with van der Waals surface area (Å²) in [5.74, 6) is -0.107. The Morgan fingerprint density at radius 1 is 0.953 bits per heavy atom. The monoisotopic (exact) mass is 576 g/mol. The molecule has 1 N–H and O–H groups in total. The molecule has 43 heavy (non-hydrogen) atoms. The van der Waals surface area contributed by atoms with Crippen molar-refractivity contribution in [2.75, 3.05) is 14.2 Å². The number of likely N-dealkylation sites (N-methyl/N-ethyl adjacent to an activating group) is 1. The van der Waals surface area contributed by atoms with E-state index in [1.54, 1.807) is 7.11 Å². The largest absolute Gasteiger partial charge is 0.374 e. The minimum atomic E-state index is -0.980. The Labute approximate surface area is 247 Å². The van der Waals surface area contributed by atoms with Crippen LogP contribution in [-0.2, 0) is 21.7 Å². The summed E-state index contributed by atoms with van der Waals surface area (Å²) in [7, 11) is 3.57. The lowest BCUT2D eigenvalue weighted by molar-refractivity contribution is -0.264. The Hall–Kier alpha value is -4.66. The van der Waals surface area contributed by atoms with Crippen LogP contribution in [0, 0.1) is 0 Å². The number of amides is 2. The Bertz CT molecular complexity index is 2180. The standard InChI is InChI=1S/C35H30N4O4/c1-35-32(42-3)25(37(2)34(41)19-11-5-4-6-12-19)17-26(43-35)38-23-15-9-7-13-20(23)28-29-22(18-36-33(29)40)27-21-14-8-10-16-24(21)39(35)31(27)30(28)38/h4-16,25-26,32H,17-18H2,1-3H3,(H,36,40)/t25-,26+,32-,35+/m1/s1/i4+1,5+1,6+1,11+1,12+1,19+1. The number of fused-ring (bicyclic) bond motifs is 13. The second kappa shape index (κ2) is 8.46. The molecule has 3 aliphatic heterocycles. The minimum absolute atomic E-state index is 0.0446. The van der Waals surface area contributed by atoms with E-state index in [0.29, 0.717) is 18.5 Å².